The minimum Gasteiger partial charge on any atom is -0.452 e. The first-order valence-corrected chi connectivity index (χ1v) is 9.63. The first-order valence-electron chi connectivity index (χ1n) is 9.63. The first kappa shape index (κ1) is 20.3. The normalized spacial score (nSPS) is 11.7. The zero-order valence-corrected chi connectivity index (χ0v) is 16.6. The third-order valence-electron chi connectivity index (χ3n) is 4.56. The minimum atomic E-state index is -0.635. The number of carbonyl (C=O) groups is 2. The lowest BCUT2D eigenvalue weighted by Gasteiger charge is -2.18. The van der Waals surface area contributed by atoms with E-state index >= 15 is 0 Å². The van der Waals surface area contributed by atoms with Crippen molar-refractivity contribution in [1.82, 2.24) is 10.5 Å². The molecule has 6 heteroatoms. The maximum absolute atomic E-state index is 12.6. The highest BCUT2D eigenvalue weighted by molar-refractivity contribution is 5.98. The standard InChI is InChI=1S/C23H24N2O4/c1-3-10-19(17-11-6-4-7-12-17)24-20(26)15-28-23(27)21-16(2)29-25-22(21)18-13-8-5-9-14-18/h4-9,11-14,19H,3,10,15H2,1-2H3,(H,24,26)/t19-/m1/s1. The van der Waals surface area contributed by atoms with Crippen LogP contribution in [-0.2, 0) is 9.53 Å². The molecule has 1 aromatic heterocycles. The summed E-state index contributed by atoms with van der Waals surface area (Å²) in [6.45, 7) is 3.33. The van der Waals surface area contributed by atoms with Gasteiger partial charge in [0, 0.05) is 5.56 Å². The fraction of sp³-hybridized carbons (Fsp3) is 0.261. The molecule has 1 amide bonds. The van der Waals surface area contributed by atoms with Crippen molar-refractivity contribution < 1.29 is 18.8 Å². The lowest BCUT2D eigenvalue weighted by Crippen LogP contribution is -2.32. The Kier molecular flexibility index (Phi) is 6.79. The predicted octanol–water partition coefficient (Wildman–Crippen LogP) is 4.46. The van der Waals surface area contributed by atoms with Crippen LogP contribution in [0.2, 0.25) is 0 Å². The van der Waals surface area contributed by atoms with Crippen LogP contribution in [0.15, 0.2) is 65.2 Å². The number of hydrogen-bond donors (Lipinski definition) is 1. The van der Waals surface area contributed by atoms with E-state index in [2.05, 4.69) is 17.4 Å². The molecule has 0 spiro atoms. The molecule has 1 atom stereocenters. The van der Waals surface area contributed by atoms with Gasteiger partial charge in [0.25, 0.3) is 5.91 Å². The SMILES string of the molecule is CCC[C@@H](NC(=O)COC(=O)c1c(-c2ccccc2)noc1C)c1ccccc1. The highest BCUT2D eigenvalue weighted by Crippen LogP contribution is 2.25. The van der Waals surface area contributed by atoms with Gasteiger partial charge in [0.05, 0.1) is 6.04 Å². The van der Waals surface area contributed by atoms with Gasteiger partial charge in [-0.25, -0.2) is 4.79 Å². The van der Waals surface area contributed by atoms with Crippen LogP contribution in [0.4, 0.5) is 0 Å². The van der Waals surface area contributed by atoms with Gasteiger partial charge in [0.2, 0.25) is 0 Å². The number of amides is 1. The monoisotopic (exact) mass is 392 g/mol. The molecule has 0 saturated carbocycles. The van der Waals surface area contributed by atoms with Crippen LogP contribution in [0.1, 0.15) is 47.5 Å². The van der Waals surface area contributed by atoms with Crippen LogP contribution in [-0.4, -0.2) is 23.6 Å². The minimum absolute atomic E-state index is 0.121. The summed E-state index contributed by atoms with van der Waals surface area (Å²) in [6.07, 6.45) is 1.71. The number of esters is 1. The number of aromatic nitrogens is 1. The summed E-state index contributed by atoms with van der Waals surface area (Å²) in [5, 5.41) is 6.91. The zero-order valence-electron chi connectivity index (χ0n) is 16.6. The maximum Gasteiger partial charge on any atom is 0.344 e. The summed E-state index contributed by atoms with van der Waals surface area (Å²) in [6, 6.07) is 18.8. The first-order chi connectivity index (χ1) is 14.1. The lowest BCUT2D eigenvalue weighted by atomic mass is 10.0. The maximum atomic E-state index is 12.6. The van der Waals surface area contributed by atoms with E-state index in [-0.39, 0.29) is 24.1 Å². The molecule has 1 N–H and O–H groups in total. The third-order valence-corrected chi connectivity index (χ3v) is 4.56. The smallest absolute Gasteiger partial charge is 0.344 e. The summed E-state index contributed by atoms with van der Waals surface area (Å²) in [5.74, 6) is -0.636. The Morgan fingerprint density at radius 1 is 1.07 bits per heavy atom. The van der Waals surface area contributed by atoms with Gasteiger partial charge >= 0.3 is 5.97 Å². The van der Waals surface area contributed by atoms with Gasteiger partial charge < -0.3 is 14.6 Å². The van der Waals surface area contributed by atoms with Crippen molar-refractivity contribution in [3.63, 3.8) is 0 Å². The number of carbonyl (C=O) groups excluding carboxylic acids is 2. The second kappa shape index (κ2) is 9.68. The molecule has 0 aliphatic carbocycles. The Morgan fingerprint density at radius 3 is 2.38 bits per heavy atom. The Hall–Kier alpha value is -3.41. The van der Waals surface area contributed by atoms with E-state index in [1.165, 1.54) is 0 Å². The molecule has 0 unspecified atom stereocenters. The average Bonchev–Trinajstić information content (AvgIpc) is 3.14. The van der Waals surface area contributed by atoms with E-state index < -0.39 is 5.97 Å². The third kappa shape index (κ3) is 5.10. The summed E-state index contributed by atoms with van der Waals surface area (Å²) in [7, 11) is 0. The van der Waals surface area contributed by atoms with Crippen LogP contribution in [0, 0.1) is 6.92 Å². The highest BCUT2D eigenvalue weighted by Gasteiger charge is 2.24. The number of ether oxygens (including phenoxy) is 1. The summed E-state index contributed by atoms with van der Waals surface area (Å²) < 4.78 is 10.4. The Morgan fingerprint density at radius 2 is 1.72 bits per heavy atom. The fourth-order valence-electron chi connectivity index (χ4n) is 3.14. The van der Waals surface area contributed by atoms with Crippen LogP contribution >= 0.6 is 0 Å². The molecule has 3 rings (SSSR count). The van der Waals surface area contributed by atoms with E-state index in [0.717, 1.165) is 24.0 Å². The largest absolute Gasteiger partial charge is 0.452 e. The molecular formula is C23H24N2O4. The zero-order chi connectivity index (χ0) is 20.6. The van der Waals surface area contributed by atoms with Crippen molar-refractivity contribution in [2.45, 2.75) is 32.7 Å². The molecule has 6 nitrogen and oxygen atoms in total. The van der Waals surface area contributed by atoms with Gasteiger partial charge in [-0.2, -0.15) is 0 Å². The van der Waals surface area contributed by atoms with Crippen molar-refractivity contribution in [3.05, 3.63) is 77.6 Å². The number of nitrogens with one attached hydrogen (secondary N) is 1. The average molecular weight is 392 g/mol. The molecule has 0 radical (unpaired) electrons. The van der Waals surface area contributed by atoms with Crippen LogP contribution in [0.5, 0.6) is 0 Å². The van der Waals surface area contributed by atoms with Crippen LogP contribution in [0.3, 0.4) is 0 Å². The second-order valence-corrected chi connectivity index (χ2v) is 6.72. The Balaban J connectivity index is 1.65. The van der Waals surface area contributed by atoms with E-state index in [4.69, 9.17) is 9.26 Å². The number of benzene rings is 2. The van der Waals surface area contributed by atoms with E-state index in [1.807, 2.05) is 60.7 Å². The topological polar surface area (TPSA) is 81.4 Å². The van der Waals surface area contributed by atoms with Gasteiger partial charge in [0.15, 0.2) is 6.61 Å². The van der Waals surface area contributed by atoms with Crippen molar-refractivity contribution in [2.24, 2.45) is 0 Å². The molecule has 0 fully saturated rings. The van der Waals surface area contributed by atoms with E-state index in [1.54, 1.807) is 6.92 Å². The van der Waals surface area contributed by atoms with Gasteiger partial charge in [-0.15, -0.1) is 0 Å². The molecule has 2 aromatic carbocycles. The Labute approximate surface area is 169 Å². The quantitative estimate of drug-likeness (QED) is 0.572. The van der Waals surface area contributed by atoms with E-state index in [0.29, 0.717) is 11.5 Å². The molecule has 150 valence electrons. The molecule has 0 aliphatic heterocycles. The van der Waals surface area contributed by atoms with Gasteiger partial charge in [-0.05, 0) is 18.9 Å². The summed E-state index contributed by atoms with van der Waals surface area (Å²) in [5.41, 5.74) is 2.40. The van der Waals surface area contributed by atoms with Gasteiger partial charge in [0.1, 0.15) is 17.0 Å². The number of rotatable bonds is 8. The molecule has 29 heavy (non-hydrogen) atoms. The predicted molar refractivity (Wildman–Crippen MR) is 109 cm³/mol. The lowest BCUT2D eigenvalue weighted by molar-refractivity contribution is -0.125. The number of aryl methyl sites for hydroxylation is 1. The fourth-order valence-corrected chi connectivity index (χ4v) is 3.14. The molecule has 1 heterocycles. The van der Waals surface area contributed by atoms with Crippen molar-refractivity contribution >= 4 is 11.9 Å². The summed E-state index contributed by atoms with van der Waals surface area (Å²) >= 11 is 0. The van der Waals surface area contributed by atoms with Crippen molar-refractivity contribution in [2.75, 3.05) is 6.61 Å². The Bertz CT molecular complexity index is 952. The molecule has 0 bridgehead atoms. The summed E-state index contributed by atoms with van der Waals surface area (Å²) in [4.78, 5) is 25.0. The second-order valence-electron chi connectivity index (χ2n) is 6.72. The molecular weight excluding hydrogens is 368 g/mol. The van der Waals surface area contributed by atoms with E-state index in [9.17, 15) is 9.59 Å². The van der Waals surface area contributed by atoms with Gasteiger partial charge in [-0.1, -0.05) is 79.2 Å². The molecule has 3 aromatic rings. The molecule has 0 saturated heterocycles. The number of nitrogens with zero attached hydrogens (tertiary/aromatic N) is 1. The molecule has 0 aliphatic rings. The van der Waals surface area contributed by atoms with Crippen molar-refractivity contribution in [1.29, 1.82) is 0 Å². The van der Waals surface area contributed by atoms with Crippen LogP contribution < -0.4 is 5.32 Å². The number of hydrogen-bond acceptors (Lipinski definition) is 5. The van der Waals surface area contributed by atoms with Crippen molar-refractivity contribution in [3.8, 4) is 11.3 Å². The van der Waals surface area contributed by atoms with Gasteiger partial charge in [-0.3, -0.25) is 4.79 Å². The van der Waals surface area contributed by atoms with Crippen LogP contribution in [0.25, 0.3) is 11.3 Å². The highest BCUT2D eigenvalue weighted by atomic mass is 16.5.